The Hall–Kier alpha value is -2.47. The van der Waals surface area contributed by atoms with Gasteiger partial charge in [0.05, 0.1) is 11.9 Å². The summed E-state index contributed by atoms with van der Waals surface area (Å²) in [4.78, 5) is 0. The molecule has 108 valence electrons. The molecule has 0 amide bonds. The van der Waals surface area contributed by atoms with Gasteiger partial charge in [-0.05, 0) is 5.56 Å². The second-order valence-electron chi connectivity index (χ2n) is 4.92. The number of rotatable bonds is 6. The van der Waals surface area contributed by atoms with Crippen LogP contribution in [0, 0.1) is 0 Å². The molecular weight excluding hydrogens is 264 g/mol. The van der Waals surface area contributed by atoms with Gasteiger partial charge >= 0.3 is 0 Å². The van der Waals surface area contributed by atoms with Crippen LogP contribution in [0.5, 0.6) is 0 Å². The third-order valence-electron chi connectivity index (χ3n) is 3.43. The minimum Gasteiger partial charge on any atom is -0.321 e. The van der Waals surface area contributed by atoms with E-state index in [1.807, 2.05) is 36.0 Å². The highest BCUT2D eigenvalue weighted by molar-refractivity contribution is 5.62. The fourth-order valence-corrected chi connectivity index (χ4v) is 2.26. The number of aromatic nitrogens is 5. The number of H-pyrrole nitrogens is 1. The number of aromatic amines is 1. The molecule has 0 aliphatic heterocycles. The second kappa shape index (κ2) is 6.32. The molecule has 0 saturated carbocycles. The summed E-state index contributed by atoms with van der Waals surface area (Å²) in [6, 6.07) is 10.2. The molecule has 2 aromatic heterocycles. The molecule has 3 aromatic rings. The van der Waals surface area contributed by atoms with E-state index < -0.39 is 0 Å². The Labute approximate surface area is 123 Å². The first-order valence-electron chi connectivity index (χ1n) is 6.96. The average molecular weight is 282 g/mol. The Morgan fingerprint density at radius 1 is 1.24 bits per heavy atom. The molecule has 2 N–H and O–H groups in total. The van der Waals surface area contributed by atoms with Gasteiger partial charge in [-0.1, -0.05) is 30.3 Å². The molecule has 3 rings (SSSR count). The van der Waals surface area contributed by atoms with Crippen molar-refractivity contribution in [1.29, 1.82) is 0 Å². The van der Waals surface area contributed by atoms with Gasteiger partial charge in [0.2, 0.25) is 0 Å². The SMILES string of the molecule is Cn1cnnc1CCNCc1cn[nH]c1-c1ccccc1. The second-order valence-corrected chi connectivity index (χ2v) is 4.92. The van der Waals surface area contributed by atoms with Gasteiger partial charge in [-0.2, -0.15) is 5.10 Å². The molecule has 0 spiro atoms. The van der Waals surface area contributed by atoms with Crippen molar-refractivity contribution < 1.29 is 0 Å². The Kier molecular flexibility index (Phi) is 4.07. The Bertz CT molecular complexity index is 685. The van der Waals surface area contributed by atoms with Crippen LogP contribution >= 0.6 is 0 Å². The zero-order valence-corrected chi connectivity index (χ0v) is 12.0. The van der Waals surface area contributed by atoms with Crippen LogP contribution in [0.3, 0.4) is 0 Å². The van der Waals surface area contributed by atoms with Gasteiger partial charge in [-0.25, -0.2) is 0 Å². The molecule has 0 radical (unpaired) electrons. The fourth-order valence-electron chi connectivity index (χ4n) is 2.26. The molecule has 0 unspecified atom stereocenters. The molecule has 0 atom stereocenters. The molecule has 2 heterocycles. The molecule has 0 fully saturated rings. The van der Waals surface area contributed by atoms with Crippen molar-refractivity contribution in [2.24, 2.45) is 7.05 Å². The van der Waals surface area contributed by atoms with Crippen LogP contribution in [0.4, 0.5) is 0 Å². The number of hydrogen-bond donors (Lipinski definition) is 2. The number of benzene rings is 1. The van der Waals surface area contributed by atoms with Gasteiger partial charge in [0.25, 0.3) is 0 Å². The minimum atomic E-state index is 0.776. The van der Waals surface area contributed by atoms with E-state index >= 15 is 0 Å². The zero-order valence-electron chi connectivity index (χ0n) is 12.0. The lowest BCUT2D eigenvalue weighted by atomic mass is 10.1. The monoisotopic (exact) mass is 282 g/mol. The van der Waals surface area contributed by atoms with Crippen molar-refractivity contribution in [3.05, 3.63) is 54.2 Å². The molecule has 0 bridgehead atoms. The van der Waals surface area contributed by atoms with Gasteiger partial charge in [0.1, 0.15) is 12.2 Å². The highest BCUT2D eigenvalue weighted by atomic mass is 15.2. The predicted octanol–water partition coefficient (Wildman–Crippen LogP) is 1.54. The third kappa shape index (κ3) is 3.17. The zero-order chi connectivity index (χ0) is 14.5. The maximum atomic E-state index is 4.15. The van der Waals surface area contributed by atoms with Crippen LogP contribution in [0.15, 0.2) is 42.9 Å². The Morgan fingerprint density at radius 2 is 2.10 bits per heavy atom. The van der Waals surface area contributed by atoms with Crippen molar-refractivity contribution >= 4 is 0 Å². The van der Waals surface area contributed by atoms with Crippen LogP contribution < -0.4 is 5.32 Å². The van der Waals surface area contributed by atoms with E-state index in [1.165, 1.54) is 5.56 Å². The summed E-state index contributed by atoms with van der Waals surface area (Å²) < 4.78 is 1.94. The molecule has 1 aromatic carbocycles. The summed E-state index contributed by atoms with van der Waals surface area (Å²) in [5, 5.41) is 18.6. The molecule has 0 aliphatic rings. The first-order chi connectivity index (χ1) is 10.3. The summed E-state index contributed by atoms with van der Waals surface area (Å²) in [5.74, 6) is 0.984. The summed E-state index contributed by atoms with van der Waals surface area (Å²) in [7, 11) is 1.96. The summed E-state index contributed by atoms with van der Waals surface area (Å²) >= 11 is 0. The van der Waals surface area contributed by atoms with Gasteiger partial charge in [0, 0.05) is 32.1 Å². The third-order valence-corrected chi connectivity index (χ3v) is 3.43. The van der Waals surface area contributed by atoms with Crippen LogP contribution in [0.1, 0.15) is 11.4 Å². The number of aryl methyl sites for hydroxylation is 1. The normalized spacial score (nSPS) is 10.9. The Morgan fingerprint density at radius 3 is 2.86 bits per heavy atom. The summed E-state index contributed by atoms with van der Waals surface area (Å²) in [6.45, 7) is 1.63. The van der Waals surface area contributed by atoms with E-state index in [4.69, 9.17) is 0 Å². The maximum Gasteiger partial charge on any atom is 0.133 e. The topological polar surface area (TPSA) is 71.4 Å². The van der Waals surface area contributed by atoms with E-state index in [1.54, 1.807) is 6.33 Å². The Balaban J connectivity index is 1.57. The van der Waals surface area contributed by atoms with Crippen LogP contribution in [0.2, 0.25) is 0 Å². The predicted molar refractivity (Wildman–Crippen MR) is 80.4 cm³/mol. The fraction of sp³-hybridized carbons (Fsp3) is 0.267. The lowest BCUT2D eigenvalue weighted by Crippen LogP contribution is -2.18. The number of nitrogens with one attached hydrogen (secondary N) is 2. The lowest BCUT2D eigenvalue weighted by Gasteiger charge is -2.05. The number of nitrogens with zero attached hydrogens (tertiary/aromatic N) is 4. The molecular formula is C15H18N6. The summed E-state index contributed by atoms with van der Waals surface area (Å²) in [5.41, 5.74) is 3.39. The molecule has 21 heavy (non-hydrogen) atoms. The largest absolute Gasteiger partial charge is 0.321 e. The van der Waals surface area contributed by atoms with Crippen molar-refractivity contribution in [1.82, 2.24) is 30.3 Å². The maximum absolute atomic E-state index is 4.15. The van der Waals surface area contributed by atoms with Crippen LogP contribution in [0.25, 0.3) is 11.3 Å². The van der Waals surface area contributed by atoms with E-state index in [0.29, 0.717) is 0 Å². The van der Waals surface area contributed by atoms with Crippen molar-refractivity contribution in [3.8, 4) is 11.3 Å². The standard InChI is InChI=1S/C15H18N6/c1-21-11-18-19-14(21)7-8-16-9-13-10-17-20-15(13)12-5-3-2-4-6-12/h2-6,10-11,16H,7-9H2,1H3,(H,17,20). The van der Waals surface area contributed by atoms with Crippen molar-refractivity contribution in [2.75, 3.05) is 6.54 Å². The van der Waals surface area contributed by atoms with Gasteiger partial charge in [-0.15, -0.1) is 10.2 Å². The van der Waals surface area contributed by atoms with E-state index in [0.717, 1.165) is 36.6 Å². The summed E-state index contributed by atoms with van der Waals surface area (Å²) in [6.07, 6.45) is 4.45. The van der Waals surface area contributed by atoms with Gasteiger partial charge < -0.3 is 9.88 Å². The van der Waals surface area contributed by atoms with E-state index in [-0.39, 0.29) is 0 Å². The quantitative estimate of drug-likeness (QED) is 0.673. The minimum absolute atomic E-state index is 0.776. The first kappa shape index (κ1) is 13.5. The van der Waals surface area contributed by atoms with E-state index in [2.05, 4.69) is 37.8 Å². The van der Waals surface area contributed by atoms with Crippen LogP contribution in [-0.4, -0.2) is 31.5 Å². The van der Waals surface area contributed by atoms with E-state index in [9.17, 15) is 0 Å². The molecule has 0 saturated heterocycles. The number of hydrogen-bond acceptors (Lipinski definition) is 4. The average Bonchev–Trinajstić information content (AvgIpc) is 3.14. The molecule has 6 heteroatoms. The van der Waals surface area contributed by atoms with Gasteiger partial charge in [0.15, 0.2) is 0 Å². The highest BCUT2D eigenvalue weighted by Gasteiger charge is 2.07. The van der Waals surface area contributed by atoms with Crippen molar-refractivity contribution in [2.45, 2.75) is 13.0 Å². The smallest absolute Gasteiger partial charge is 0.133 e. The molecule has 0 aliphatic carbocycles. The first-order valence-corrected chi connectivity index (χ1v) is 6.96. The lowest BCUT2D eigenvalue weighted by molar-refractivity contribution is 0.654. The molecule has 6 nitrogen and oxygen atoms in total. The van der Waals surface area contributed by atoms with Gasteiger partial charge in [-0.3, -0.25) is 5.10 Å². The van der Waals surface area contributed by atoms with Crippen molar-refractivity contribution in [3.63, 3.8) is 0 Å². The highest BCUT2D eigenvalue weighted by Crippen LogP contribution is 2.20. The van der Waals surface area contributed by atoms with Crippen LogP contribution in [-0.2, 0) is 20.0 Å².